The third-order valence-electron chi connectivity index (χ3n) is 3.46. The van der Waals surface area contributed by atoms with E-state index in [0.717, 1.165) is 0 Å². The summed E-state index contributed by atoms with van der Waals surface area (Å²) in [6.45, 7) is 3.19. The number of hydrogen-bond donors (Lipinski definition) is 0. The molecule has 1 amide bonds. The molecule has 0 N–H and O–H groups in total. The van der Waals surface area contributed by atoms with E-state index in [9.17, 15) is 13.2 Å². The molecular formula is C15H21NO5S. The van der Waals surface area contributed by atoms with Crippen LogP contribution in [0.2, 0.25) is 0 Å². The Hall–Kier alpha value is -1.60. The predicted octanol–water partition coefficient (Wildman–Crippen LogP) is 0.857. The number of nitrogens with zero attached hydrogens (tertiary/aromatic N) is 1. The lowest BCUT2D eigenvalue weighted by Crippen LogP contribution is -2.46. The number of amides is 1. The number of ether oxygens (including phenoxy) is 2. The van der Waals surface area contributed by atoms with Gasteiger partial charge in [0.1, 0.15) is 11.5 Å². The standard InChI is InChI=1S/C15H21NO5S/c1-12-9-16(6-7-21-12)15(17)11-22(18,19)10-13-4-3-5-14(8-13)20-2/h3-5,8,12H,6-7,9-11H2,1-2H3. The molecule has 0 spiro atoms. The first kappa shape index (κ1) is 16.8. The fraction of sp³-hybridized carbons (Fsp3) is 0.533. The first-order valence-corrected chi connectivity index (χ1v) is 8.94. The first-order chi connectivity index (χ1) is 10.4. The Morgan fingerprint density at radius 1 is 1.45 bits per heavy atom. The number of methoxy groups -OCH3 is 1. The number of carbonyl (C=O) groups is 1. The SMILES string of the molecule is COc1cccc(CS(=O)(=O)CC(=O)N2CCOC(C)C2)c1. The first-order valence-electron chi connectivity index (χ1n) is 7.12. The summed E-state index contributed by atoms with van der Waals surface area (Å²) in [5.74, 6) is -0.411. The summed E-state index contributed by atoms with van der Waals surface area (Å²) in [7, 11) is -1.99. The molecule has 1 aromatic carbocycles. The topological polar surface area (TPSA) is 72.9 Å². The van der Waals surface area contributed by atoms with Crippen molar-refractivity contribution in [1.82, 2.24) is 4.90 Å². The Kier molecular flexibility index (Phi) is 5.42. The van der Waals surface area contributed by atoms with Gasteiger partial charge >= 0.3 is 0 Å². The fourth-order valence-corrected chi connectivity index (χ4v) is 3.74. The fourth-order valence-electron chi connectivity index (χ4n) is 2.39. The molecule has 1 aromatic rings. The van der Waals surface area contributed by atoms with Crippen LogP contribution in [0.5, 0.6) is 5.75 Å². The van der Waals surface area contributed by atoms with Crippen LogP contribution < -0.4 is 4.74 Å². The minimum atomic E-state index is -3.51. The van der Waals surface area contributed by atoms with Crippen molar-refractivity contribution in [3.05, 3.63) is 29.8 Å². The lowest BCUT2D eigenvalue weighted by atomic mass is 10.2. The number of rotatable bonds is 5. The third kappa shape index (κ3) is 4.71. The van der Waals surface area contributed by atoms with Crippen LogP contribution in [0.15, 0.2) is 24.3 Å². The largest absolute Gasteiger partial charge is 0.497 e. The van der Waals surface area contributed by atoms with Crippen molar-refractivity contribution in [2.45, 2.75) is 18.8 Å². The summed E-state index contributed by atoms with van der Waals surface area (Å²) in [6, 6.07) is 6.85. The van der Waals surface area contributed by atoms with Crippen molar-refractivity contribution in [1.29, 1.82) is 0 Å². The summed E-state index contributed by atoms with van der Waals surface area (Å²) in [5.41, 5.74) is 0.613. The van der Waals surface area contributed by atoms with Gasteiger partial charge in [-0.2, -0.15) is 0 Å². The van der Waals surface area contributed by atoms with Crippen molar-refractivity contribution in [3.8, 4) is 5.75 Å². The molecule has 1 saturated heterocycles. The lowest BCUT2D eigenvalue weighted by molar-refractivity contribution is -0.135. The van der Waals surface area contributed by atoms with Crippen LogP contribution in [0.3, 0.4) is 0 Å². The highest BCUT2D eigenvalue weighted by atomic mass is 32.2. The molecule has 1 atom stereocenters. The molecule has 0 aromatic heterocycles. The maximum absolute atomic E-state index is 12.2. The molecule has 2 rings (SSSR count). The van der Waals surface area contributed by atoms with Crippen LogP contribution in [0.25, 0.3) is 0 Å². The molecule has 1 fully saturated rings. The van der Waals surface area contributed by atoms with Gasteiger partial charge in [0.05, 0.1) is 25.6 Å². The number of sulfone groups is 1. The second-order valence-corrected chi connectivity index (χ2v) is 7.47. The van der Waals surface area contributed by atoms with Crippen molar-refractivity contribution in [2.24, 2.45) is 0 Å². The minimum Gasteiger partial charge on any atom is -0.497 e. The van der Waals surface area contributed by atoms with E-state index in [-0.39, 0.29) is 17.8 Å². The van der Waals surface area contributed by atoms with E-state index < -0.39 is 15.6 Å². The van der Waals surface area contributed by atoms with Crippen LogP contribution in [0.4, 0.5) is 0 Å². The van der Waals surface area contributed by atoms with Crippen LogP contribution >= 0.6 is 0 Å². The molecule has 22 heavy (non-hydrogen) atoms. The predicted molar refractivity (Wildman–Crippen MR) is 82.5 cm³/mol. The molecule has 6 nitrogen and oxygen atoms in total. The molecule has 0 radical (unpaired) electrons. The number of morpholine rings is 1. The van der Waals surface area contributed by atoms with Gasteiger partial charge in [0.15, 0.2) is 9.84 Å². The summed E-state index contributed by atoms with van der Waals surface area (Å²) >= 11 is 0. The van der Waals surface area contributed by atoms with E-state index in [1.807, 2.05) is 6.92 Å². The average molecular weight is 327 g/mol. The minimum absolute atomic E-state index is 0.0567. The lowest BCUT2D eigenvalue weighted by Gasteiger charge is -2.31. The highest BCUT2D eigenvalue weighted by molar-refractivity contribution is 7.91. The van der Waals surface area contributed by atoms with E-state index in [0.29, 0.717) is 31.0 Å². The molecule has 0 aliphatic carbocycles. The van der Waals surface area contributed by atoms with Gasteiger partial charge in [-0.25, -0.2) is 8.42 Å². The molecule has 122 valence electrons. The van der Waals surface area contributed by atoms with Crippen LogP contribution in [-0.4, -0.2) is 57.9 Å². The van der Waals surface area contributed by atoms with Gasteiger partial charge in [-0.3, -0.25) is 4.79 Å². The maximum atomic E-state index is 12.2. The van der Waals surface area contributed by atoms with Gasteiger partial charge in [0.25, 0.3) is 0 Å². The molecule has 0 bridgehead atoms. The summed E-state index contributed by atoms with van der Waals surface area (Å²) < 4.78 is 34.9. The normalized spacial score (nSPS) is 19.0. The molecule has 1 aliphatic heterocycles. The van der Waals surface area contributed by atoms with Gasteiger partial charge in [-0.1, -0.05) is 12.1 Å². The van der Waals surface area contributed by atoms with Crippen LogP contribution in [-0.2, 0) is 25.1 Å². The molecule has 0 saturated carbocycles. The van der Waals surface area contributed by atoms with Gasteiger partial charge in [-0.05, 0) is 24.6 Å². The summed E-state index contributed by atoms with van der Waals surface area (Å²) in [4.78, 5) is 13.7. The zero-order valence-corrected chi connectivity index (χ0v) is 13.6. The summed E-state index contributed by atoms with van der Waals surface area (Å²) in [5, 5.41) is 0. The monoisotopic (exact) mass is 327 g/mol. The van der Waals surface area contributed by atoms with Crippen molar-refractivity contribution in [3.63, 3.8) is 0 Å². The zero-order chi connectivity index (χ0) is 16.2. The smallest absolute Gasteiger partial charge is 0.237 e. The van der Waals surface area contributed by atoms with E-state index in [1.54, 1.807) is 29.2 Å². The zero-order valence-electron chi connectivity index (χ0n) is 12.8. The molecular weight excluding hydrogens is 306 g/mol. The van der Waals surface area contributed by atoms with Crippen LogP contribution in [0, 0.1) is 0 Å². The van der Waals surface area contributed by atoms with E-state index in [4.69, 9.17) is 9.47 Å². The molecule has 1 aliphatic rings. The summed E-state index contributed by atoms with van der Waals surface area (Å²) in [6.07, 6.45) is -0.0567. The van der Waals surface area contributed by atoms with Gasteiger partial charge in [0.2, 0.25) is 5.91 Å². The second-order valence-electron chi connectivity index (χ2n) is 5.40. The Labute approximate surface area is 130 Å². The molecule has 1 unspecified atom stereocenters. The average Bonchev–Trinajstić information content (AvgIpc) is 2.46. The Morgan fingerprint density at radius 2 is 2.23 bits per heavy atom. The van der Waals surface area contributed by atoms with Gasteiger partial charge in [0, 0.05) is 13.1 Å². The van der Waals surface area contributed by atoms with Crippen molar-refractivity contribution >= 4 is 15.7 Å². The van der Waals surface area contributed by atoms with Crippen LogP contribution in [0.1, 0.15) is 12.5 Å². The van der Waals surface area contributed by atoms with E-state index in [2.05, 4.69) is 0 Å². The van der Waals surface area contributed by atoms with E-state index >= 15 is 0 Å². The van der Waals surface area contributed by atoms with Crippen molar-refractivity contribution < 1.29 is 22.7 Å². The van der Waals surface area contributed by atoms with Gasteiger partial charge < -0.3 is 14.4 Å². The second kappa shape index (κ2) is 7.11. The van der Waals surface area contributed by atoms with Gasteiger partial charge in [-0.15, -0.1) is 0 Å². The Balaban J connectivity index is 1.99. The highest BCUT2D eigenvalue weighted by Crippen LogP contribution is 2.16. The Bertz CT molecular complexity index is 629. The van der Waals surface area contributed by atoms with E-state index in [1.165, 1.54) is 7.11 Å². The van der Waals surface area contributed by atoms with Crippen molar-refractivity contribution in [2.75, 3.05) is 32.6 Å². The maximum Gasteiger partial charge on any atom is 0.237 e. The molecule has 7 heteroatoms. The molecule has 1 heterocycles. The highest BCUT2D eigenvalue weighted by Gasteiger charge is 2.26. The quantitative estimate of drug-likeness (QED) is 0.802. The number of carbonyl (C=O) groups excluding carboxylic acids is 1. The number of hydrogen-bond acceptors (Lipinski definition) is 5. The third-order valence-corrected chi connectivity index (χ3v) is 4.92. The Morgan fingerprint density at radius 3 is 2.91 bits per heavy atom. The number of benzene rings is 1.